The molecule has 2 rings (SSSR count). The summed E-state index contributed by atoms with van der Waals surface area (Å²) in [7, 11) is -0.577. The van der Waals surface area contributed by atoms with Gasteiger partial charge in [-0.2, -0.15) is 0 Å². The van der Waals surface area contributed by atoms with Gasteiger partial charge in [0.25, 0.3) is 0 Å². The van der Waals surface area contributed by atoms with Gasteiger partial charge < -0.3 is 11.1 Å². The lowest BCUT2D eigenvalue weighted by molar-refractivity contribution is 0.521. The molecule has 0 aliphatic rings. The maximum atomic E-state index is 12.2. The zero-order valence-electron chi connectivity index (χ0n) is 11.6. The molecular weight excluding hydrogens is 374 g/mol. The van der Waals surface area contributed by atoms with E-state index in [4.69, 9.17) is 5.73 Å². The van der Waals surface area contributed by atoms with E-state index < -0.39 is 10.0 Å². The maximum Gasteiger partial charge on any atom is 0.244 e. The molecule has 0 radical (unpaired) electrons. The number of para-hydroxylation sites is 1. The summed E-state index contributed by atoms with van der Waals surface area (Å²) in [5.41, 5.74) is 6.85. The molecule has 0 saturated heterocycles. The first-order valence-corrected chi connectivity index (χ1v) is 9.16. The summed E-state index contributed by atoms with van der Waals surface area (Å²) in [5, 5.41) is 3.18. The van der Waals surface area contributed by atoms with E-state index in [0.717, 1.165) is 13.0 Å². The Balaban J connectivity index is 2.26. The van der Waals surface area contributed by atoms with Crippen molar-refractivity contribution in [3.8, 4) is 0 Å². The van der Waals surface area contributed by atoms with Gasteiger partial charge in [-0.1, -0.05) is 6.07 Å². The molecule has 0 bridgehead atoms. The van der Waals surface area contributed by atoms with Crippen LogP contribution in [0.15, 0.2) is 39.0 Å². The summed E-state index contributed by atoms with van der Waals surface area (Å²) in [4.78, 5) is 1.24. The summed E-state index contributed by atoms with van der Waals surface area (Å²) >= 11 is 5.02. The number of nitrogen functional groups attached to an aromatic ring is 1. The molecule has 0 unspecified atom stereocenters. The standard InChI is InChI=1S/C13H16BrN3O2S2/c1-17(2)21(18,19)11-5-3-4-10(13(11)15)16-8-9-6-7-12(14)20-9/h3-7,16H,8,15H2,1-2H3. The quantitative estimate of drug-likeness (QED) is 0.770. The fourth-order valence-corrected chi connectivity index (χ4v) is 4.20. The van der Waals surface area contributed by atoms with Crippen molar-refractivity contribution in [2.75, 3.05) is 25.1 Å². The molecule has 0 aliphatic heterocycles. The molecule has 21 heavy (non-hydrogen) atoms. The molecule has 1 aromatic heterocycles. The van der Waals surface area contributed by atoms with Crippen LogP contribution in [-0.4, -0.2) is 26.8 Å². The highest BCUT2D eigenvalue weighted by molar-refractivity contribution is 9.11. The van der Waals surface area contributed by atoms with Crippen molar-refractivity contribution in [3.63, 3.8) is 0 Å². The van der Waals surface area contributed by atoms with Crippen LogP contribution in [0, 0.1) is 0 Å². The Labute approximate surface area is 137 Å². The lowest BCUT2D eigenvalue weighted by atomic mass is 10.2. The minimum Gasteiger partial charge on any atom is -0.396 e. The number of halogens is 1. The number of hydrogen-bond acceptors (Lipinski definition) is 5. The molecular formula is C13H16BrN3O2S2. The normalized spacial score (nSPS) is 11.8. The minimum absolute atomic E-state index is 0.116. The van der Waals surface area contributed by atoms with Crippen LogP contribution in [-0.2, 0) is 16.6 Å². The monoisotopic (exact) mass is 389 g/mol. The van der Waals surface area contributed by atoms with E-state index >= 15 is 0 Å². The van der Waals surface area contributed by atoms with E-state index in [1.807, 2.05) is 12.1 Å². The van der Waals surface area contributed by atoms with Crippen molar-refractivity contribution < 1.29 is 8.42 Å². The van der Waals surface area contributed by atoms with E-state index in [1.165, 1.54) is 20.2 Å². The Morgan fingerprint density at radius 3 is 2.57 bits per heavy atom. The highest BCUT2D eigenvalue weighted by atomic mass is 79.9. The fraction of sp³-hybridized carbons (Fsp3) is 0.231. The van der Waals surface area contributed by atoms with Crippen LogP contribution in [0.1, 0.15) is 4.88 Å². The van der Waals surface area contributed by atoms with Gasteiger partial charge in [-0.05, 0) is 40.2 Å². The summed E-state index contributed by atoms with van der Waals surface area (Å²) in [6.45, 7) is 0.589. The van der Waals surface area contributed by atoms with Gasteiger partial charge in [0.15, 0.2) is 0 Å². The smallest absolute Gasteiger partial charge is 0.244 e. The van der Waals surface area contributed by atoms with Crippen LogP contribution in [0.2, 0.25) is 0 Å². The summed E-state index contributed by atoms with van der Waals surface area (Å²) in [6, 6.07) is 8.93. The van der Waals surface area contributed by atoms with Crippen LogP contribution in [0.3, 0.4) is 0 Å². The molecule has 3 N–H and O–H groups in total. The zero-order valence-corrected chi connectivity index (χ0v) is 14.8. The number of anilines is 2. The SMILES string of the molecule is CN(C)S(=O)(=O)c1cccc(NCc2ccc(Br)s2)c1N. The summed E-state index contributed by atoms with van der Waals surface area (Å²) in [5.74, 6) is 0. The molecule has 0 spiro atoms. The van der Waals surface area contributed by atoms with Crippen molar-refractivity contribution in [2.45, 2.75) is 11.4 Å². The molecule has 0 atom stereocenters. The molecule has 0 aliphatic carbocycles. The largest absolute Gasteiger partial charge is 0.396 e. The van der Waals surface area contributed by atoms with Crippen LogP contribution < -0.4 is 11.1 Å². The van der Waals surface area contributed by atoms with Crippen molar-refractivity contribution in [1.29, 1.82) is 0 Å². The van der Waals surface area contributed by atoms with Gasteiger partial charge in [0.1, 0.15) is 4.90 Å². The maximum absolute atomic E-state index is 12.2. The van der Waals surface area contributed by atoms with Crippen LogP contribution >= 0.6 is 27.3 Å². The van der Waals surface area contributed by atoms with Crippen molar-refractivity contribution in [3.05, 3.63) is 39.0 Å². The van der Waals surface area contributed by atoms with Crippen LogP contribution in [0.25, 0.3) is 0 Å². The second-order valence-corrected chi connectivity index (χ2v) is 9.23. The second kappa shape index (κ2) is 6.35. The Morgan fingerprint density at radius 2 is 2.00 bits per heavy atom. The molecule has 1 heterocycles. The van der Waals surface area contributed by atoms with Crippen molar-refractivity contribution in [1.82, 2.24) is 4.31 Å². The lowest BCUT2D eigenvalue weighted by Crippen LogP contribution is -2.23. The van der Waals surface area contributed by atoms with Crippen LogP contribution in [0.4, 0.5) is 11.4 Å². The first-order chi connectivity index (χ1) is 9.82. The Kier molecular flexibility index (Phi) is 4.92. The predicted octanol–water partition coefficient (Wildman–Crippen LogP) is 2.96. The molecule has 1 aromatic carbocycles. The third-order valence-electron chi connectivity index (χ3n) is 2.91. The van der Waals surface area contributed by atoms with E-state index in [2.05, 4.69) is 21.2 Å². The summed E-state index contributed by atoms with van der Waals surface area (Å²) in [6.07, 6.45) is 0. The van der Waals surface area contributed by atoms with Crippen LogP contribution in [0.5, 0.6) is 0 Å². The number of benzene rings is 1. The topological polar surface area (TPSA) is 75.4 Å². The summed E-state index contributed by atoms with van der Waals surface area (Å²) < 4.78 is 26.6. The van der Waals surface area contributed by atoms with Gasteiger partial charge in [-0.25, -0.2) is 12.7 Å². The third-order valence-corrected chi connectivity index (χ3v) is 6.40. The van der Waals surface area contributed by atoms with Crippen molar-refractivity contribution in [2.24, 2.45) is 0 Å². The molecule has 0 fully saturated rings. The van der Waals surface area contributed by atoms with Gasteiger partial charge in [-0.3, -0.25) is 0 Å². The van der Waals surface area contributed by atoms with E-state index in [9.17, 15) is 8.42 Å². The minimum atomic E-state index is -3.55. The third kappa shape index (κ3) is 3.57. The number of nitrogens with zero attached hydrogens (tertiary/aromatic N) is 1. The van der Waals surface area contributed by atoms with Crippen molar-refractivity contribution >= 4 is 48.7 Å². The molecule has 5 nitrogen and oxygen atoms in total. The molecule has 114 valence electrons. The number of hydrogen-bond donors (Lipinski definition) is 2. The Bertz CT molecular complexity index is 742. The highest BCUT2D eigenvalue weighted by Crippen LogP contribution is 2.29. The van der Waals surface area contributed by atoms with Gasteiger partial charge in [0.2, 0.25) is 10.0 Å². The number of sulfonamides is 1. The van der Waals surface area contributed by atoms with E-state index in [1.54, 1.807) is 23.5 Å². The molecule has 8 heteroatoms. The average molecular weight is 390 g/mol. The number of rotatable bonds is 5. The lowest BCUT2D eigenvalue weighted by Gasteiger charge is -2.16. The van der Waals surface area contributed by atoms with Gasteiger partial charge in [0.05, 0.1) is 15.2 Å². The number of nitrogens with one attached hydrogen (secondary N) is 1. The fourth-order valence-electron chi connectivity index (χ4n) is 1.75. The second-order valence-electron chi connectivity index (χ2n) is 4.56. The first kappa shape index (κ1) is 16.3. The molecule has 2 aromatic rings. The van der Waals surface area contributed by atoms with Gasteiger partial charge >= 0.3 is 0 Å². The zero-order chi connectivity index (χ0) is 15.6. The Morgan fingerprint density at radius 1 is 1.29 bits per heavy atom. The van der Waals surface area contributed by atoms with Gasteiger partial charge in [0, 0.05) is 25.5 Å². The first-order valence-electron chi connectivity index (χ1n) is 6.11. The molecule has 0 saturated carbocycles. The van der Waals surface area contributed by atoms with Gasteiger partial charge in [-0.15, -0.1) is 11.3 Å². The van der Waals surface area contributed by atoms with E-state index in [-0.39, 0.29) is 10.6 Å². The average Bonchev–Trinajstić information content (AvgIpc) is 2.83. The molecule has 0 amide bonds. The number of thiophene rings is 1. The van der Waals surface area contributed by atoms with E-state index in [0.29, 0.717) is 12.2 Å². The highest BCUT2D eigenvalue weighted by Gasteiger charge is 2.21. The number of nitrogens with two attached hydrogens (primary N) is 1. The predicted molar refractivity (Wildman–Crippen MR) is 91.1 cm³/mol. The Hall–Kier alpha value is -1.09.